The SMILES string of the molecule is C1=CC(c2ccc(N(c3ccc(-c4cccc(-c5ccccc5)c4-n4c5ccccc5c5c6ccccc6ccc54)cc3)c3cccc(-c4cccc5ccccc45)c3)cc2)CC(c2ccccc2)=C1. The van der Waals surface area contributed by atoms with E-state index >= 15 is 0 Å². The zero-order valence-electron chi connectivity index (χ0n) is 38.7. The summed E-state index contributed by atoms with van der Waals surface area (Å²) in [6.45, 7) is 0. The van der Waals surface area contributed by atoms with Crippen LogP contribution < -0.4 is 4.90 Å². The third-order valence-electron chi connectivity index (χ3n) is 14.4. The van der Waals surface area contributed by atoms with Crippen LogP contribution in [0.25, 0.3) is 88.0 Å². The molecule has 0 bridgehead atoms. The molecule has 1 atom stereocenters. The number of aromatic nitrogens is 1. The van der Waals surface area contributed by atoms with Crippen molar-refractivity contribution in [1.29, 1.82) is 0 Å². The van der Waals surface area contributed by atoms with E-state index in [0.717, 1.165) is 29.0 Å². The molecule has 0 aliphatic heterocycles. The van der Waals surface area contributed by atoms with Crippen molar-refractivity contribution < 1.29 is 0 Å². The van der Waals surface area contributed by atoms with Gasteiger partial charge in [0.05, 0.1) is 16.7 Å². The van der Waals surface area contributed by atoms with E-state index in [4.69, 9.17) is 0 Å². The second-order valence-electron chi connectivity index (χ2n) is 18.4. The van der Waals surface area contributed by atoms with Crippen LogP contribution in [0.1, 0.15) is 23.5 Å². The van der Waals surface area contributed by atoms with E-state index in [1.807, 2.05) is 0 Å². The van der Waals surface area contributed by atoms with Gasteiger partial charge in [-0.1, -0.05) is 224 Å². The van der Waals surface area contributed by atoms with Gasteiger partial charge < -0.3 is 9.47 Å². The summed E-state index contributed by atoms with van der Waals surface area (Å²) in [5.41, 5.74) is 17.9. The quantitative estimate of drug-likeness (QED) is 0.140. The molecule has 330 valence electrons. The van der Waals surface area contributed by atoms with Crippen molar-refractivity contribution in [2.75, 3.05) is 4.90 Å². The topological polar surface area (TPSA) is 8.17 Å². The van der Waals surface area contributed by atoms with Crippen molar-refractivity contribution in [3.05, 3.63) is 284 Å². The molecule has 0 saturated heterocycles. The molecule has 13 rings (SSSR count). The minimum absolute atomic E-state index is 0.297. The number of rotatable bonds is 9. The van der Waals surface area contributed by atoms with Crippen LogP contribution in [0.4, 0.5) is 17.1 Å². The number of benzene rings is 11. The molecule has 0 N–H and O–H groups in total. The van der Waals surface area contributed by atoms with Crippen LogP contribution in [0.15, 0.2) is 273 Å². The summed E-state index contributed by atoms with van der Waals surface area (Å²) in [5.74, 6) is 0.297. The predicted octanol–water partition coefficient (Wildman–Crippen LogP) is 18.7. The fourth-order valence-electron chi connectivity index (χ4n) is 11.0. The largest absolute Gasteiger partial charge is 0.310 e. The number of para-hydroxylation sites is 2. The van der Waals surface area contributed by atoms with Crippen molar-refractivity contribution in [3.8, 4) is 39.1 Å². The van der Waals surface area contributed by atoms with Gasteiger partial charge in [0.2, 0.25) is 0 Å². The van der Waals surface area contributed by atoms with Crippen LogP contribution in [0.5, 0.6) is 0 Å². The minimum Gasteiger partial charge on any atom is -0.310 e. The Morgan fingerprint density at radius 1 is 0.371 bits per heavy atom. The normalized spacial score (nSPS) is 13.5. The molecule has 70 heavy (non-hydrogen) atoms. The lowest BCUT2D eigenvalue weighted by molar-refractivity contribution is 0.867. The molecule has 0 radical (unpaired) electrons. The highest BCUT2D eigenvalue weighted by Gasteiger charge is 2.23. The summed E-state index contributed by atoms with van der Waals surface area (Å²) in [6.07, 6.45) is 7.80. The van der Waals surface area contributed by atoms with Gasteiger partial charge in [-0.2, -0.15) is 0 Å². The molecule has 2 nitrogen and oxygen atoms in total. The fraction of sp³-hybridized carbons (Fsp3) is 0.0294. The van der Waals surface area contributed by atoms with Gasteiger partial charge >= 0.3 is 0 Å². The average Bonchev–Trinajstić information content (AvgIpc) is 3.78. The molecule has 0 fully saturated rings. The van der Waals surface area contributed by atoms with E-state index in [-0.39, 0.29) is 0 Å². The third kappa shape index (κ3) is 7.30. The maximum absolute atomic E-state index is 2.51. The maximum Gasteiger partial charge on any atom is 0.0618 e. The van der Waals surface area contributed by atoms with E-state index in [1.54, 1.807) is 0 Å². The van der Waals surface area contributed by atoms with Gasteiger partial charge in [-0.15, -0.1) is 0 Å². The zero-order chi connectivity index (χ0) is 46.4. The molecule has 0 amide bonds. The van der Waals surface area contributed by atoms with Gasteiger partial charge in [0.1, 0.15) is 0 Å². The van der Waals surface area contributed by atoms with Gasteiger partial charge in [0, 0.05) is 44.9 Å². The highest BCUT2D eigenvalue weighted by Crippen LogP contribution is 2.45. The number of hydrogen-bond acceptors (Lipinski definition) is 1. The minimum atomic E-state index is 0.297. The molecule has 11 aromatic carbocycles. The monoisotopic (exact) mass is 892 g/mol. The van der Waals surface area contributed by atoms with Crippen LogP contribution in [0.2, 0.25) is 0 Å². The highest BCUT2D eigenvalue weighted by atomic mass is 15.1. The van der Waals surface area contributed by atoms with Gasteiger partial charge in [-0.05, 0) is 115 Å². The van der Waals surface area contributed by atoms with Crippen molar-refractivity contribution in [2.24, 2.45) is 0 Å². The van der Waals surface area contributed by atoms with Crippen molar-refractivity contribution in [1.82, 2.24) is 4.57 Å². The van der Waals surface area contributed by atoms with Crippen LogP contribution in [-0.2, 0) is 0 Å². The molecular formula is C68H48N2. The highest BCUT2D eigenvalue weighted by molar-refractivity contribution is 6.21. The number of hydrogen-bond donors (Lipinski definition) is 0. The zero-order valence-corrected chi connectivity index (χ0v) is 38.7. The molecule has 1 unspecified atom stereocenters. The predicted molar refractivity (Wildman–Crippen MR) is 298 cm³/mol. The Morgan fingerprint density at radius 2 is 0.929 bits per heavy atom. The molecule has 0 spiro atoms. The first-order chi connectivity index (χ1) is 34.7. The summed E-state index contributed by atoms with van der Waals surface area (Å²) < 4.78 is 2.51. The molecule has 1 aliphatic carbocycles. The summed E-state index contributed by atoms with van der Waals surface area (Å²) in [7, 11) is 0. The van der Waals surface area contributed by atoms with Gasteiger partial charge in [0.15, 0.2) is 0 Å². The smallest absolute Gasteiger partial charge is 0.0618 e. The first kappa shape index (κ1) is 41.2. The molecule has 2 heteroatoms. The van der Waals surface area contributed by atoms with Crippen LogP contribution in [-0.4, -0.2) is 4.57 Å². The Labute approximate surface area is 409 Å². The molecular weight excluding hydrogens is 845 g/mol. The van der Waals surface area contributed by atoms with E-state index in [1.165, 1.54) is 93.6 Å². The van der Waals surface area contributed by atoms with E-state index in [2.05, 4.69) is 282 Å². The Hall–Kier alpha value is -8.98. The molecule has 1 aliphatic rings. The number of fused-ring (bicyclic) bond motifs is 6. The maximum atomic E-state index is 2.51. The number of allylic oxidation sites excluding steroid dienone is 4. The molecule has 1 aromatic heterocycles. The molecule has 0 saturated carbocycles. The second-order valence-corrected chi connectivity index (χ2v) is 18.4. The Kier molecular flexibility index (Phi) is 10.4. The lowest BCUT2D eigenvalue weighted by Gasteiger charge is -2.27. The lowest BCUT2D eigenvalue weighted by Crippen LogP contribution is -2.10. The van der Waals surface area contributed by atoms with E-state index in [9.17, 15) is 0 Å². The summed E-state index contributed by atoms with van der Waals surface area (Å²) in [6, 6.07) is 93.4. The Balaban J connectivity index is 0.950. The summed E-state index contributed by atoms with van der Waals surface area (Å²) >= 11 is 0. The lowest BCUT2D eigenvalue weighted by atomic mass is 9.85. The van der Waals surface area contributed by atoms with Crippen molar-refractivity contribution >= 4 is 66.0 Å². The van der Waals surface area contributed by atoms with Gasteiger partial charge in [-0.3, -0.25) is 0 Å². The first-order valence-corrected chi connectivity index (χ1v) is 24.3. The molecule has 1 heterocycles. The van der Waals surface area contributed by atoms with Crippen LogP contribution in [0, 0.1) is 0 Å². The summed E-state index contributed by atoms with van der Waals surface area (Å²) in [4.78, 5) is 2.41. The van der Waals surface area contributed by atoms with E-state index in [0.29, 0.717) is 5.92 Å². The van der Waals surface area contributed by atoms with Gasteiger partial charge in [0.25, 0.3) is 0 Å². The number of anilines is 3. The fourth-order valence-corrected chi connectivity index (χ4v) is 11.0. The third-order valence-corrected chi connectivity index (χ3v) is 14.4. The Bertz CT molecular complexity index is 3950. The number of nitrogens with zero attached hydrogens (tertiary/aromatic N) is 2. The van der Waals surface area contributed by atoms with E-state index < -0.39 is 0 Å². The van der Waals surface area contributed by atoms with Gasteiger partial charge in [-0.25, -0.2) is 0 Å². The van der Waals surface area contributed by atoms with Crippen molar-refractivity contribution in [2.45, 2.75) is 12.3 Å². The first-order valence-electron chi connectivity index (χ1n) is 24.3. The van der Waals surface area contributed by atoms with Crippen LogP contribution in [0.3, 0.4) is 0 Å². The standard InChI is InChI=1S/C68H48N2/c1-3-17-47(18-4-1)53-24-13-25-54(45-53)48-35-40-56(41-36-48)69(58-27-14-26-55(46-58)60-31-15-23-49-21-7-9-28-59(49)60)57-42-37-52(38-43-57)63-33-16-32-62(50-19-5-2-6-20-50)68(63)70-65-34-12-11-30-64(65)67-61-29-10-8-22-51(61)39-44-66(67)70/h1-44,46,54H,45H2. The molecule has 12 aromatic rings. The Morgan fingerprint density at radius 3 is 1.69 bits per heavy atom. The second kappa shape index (κ2) is 17.6. The van der Waals surface area contributed by atoms with Crippen LogP contribution >= 0.6 is 0 Å². The summed E-state index contributed by atoms with van der Waals surface area (Å²) in [5, 5.41) is 7.51. The van der Waals surface area contributed by atoms with Crippen molar-refractivity contribution in [3.63, 3.8) is 0 Å². The average molecular weight is 893 g/mol.